The number of aliphatic hydroxyl groups excluding tert-OH is 1. The van der Waals surface area contributed by atoms with E-state index in [0.717, 1.165) is 19.4 Å². The van der Waals surface area contributed by atoms with Crippen LogP contribution in [0.3, 0.4) is 0 Å². The van der Waals surface area contributed by atoms with Gasteiger partial charge in [-0.1, -0.05) is 39.2 Å². The van der Waals surface area contributed by atoms with Crippen LogP contribution >= 0.6 is 0 Å². The van der Waals surface area contributed by atoms with Crippen molar-refractivity contribution in [3.8, 4) is 0 Å². The van der Waals surface area contributed by atoms with E-state index in [-0.39, 0.29) is 0 Å². The standard InChI is InChI=1S/C13H26O3/c1-3-5-7-8-10-16-12-13(14)11-15-9-6-4-2/h6,9,13-14H,3-5,7-8,10-12H2,1-2H3. The van der Waals surface area contributed by atoms with Crippen LogP contribution in [-0.2, 0) is 9.47 Å². The van der Waals surface area contributed by atoms with E-state index in [2.05, 4.69) is 6.92 Å². The minimum atomic E-state index is -0.521. The van der Waals surface area contributed by atoms with Crippen LogP contribution in [0.25, 0.3) is 0 Å². The number of unbranched alkanes of at least 4 members (excludes halogenated alkanes) is 3. The van der Waals surface area contributed by atoms with Gasteiger partial charge in [0.2, 0.25) is 0 Å². The lowest BCUT2D eigenvalue weighted by Gasteiger charge is -2.10. The molecule has 0 aliphatic rings. The van der Waals surface area contributed by atoms with Gasteiger partial charge in [0.25, 0.3) is 0 Å². The first kappa shape index (κ1) is 15.5. The lowest BCUT2D eigenvalue weighted by Crippen LogP contribution is -2.20. The molecule has 0 amide bonds. The Morgan fingerprint density at radius 2 is 1.94 bits per heavy atom. The zero-order valence-corrected chi connectivity index (χ0v) is 10.7. The lowest BCUT2D eigenvalue weighted by molar-refractivity contribution is 0.00138. The SMILES string of the molecule is CCC=COCC(O)COCCCCCC. The van der Waals surface area contributed by atoms with E-state index in [1.807, 2.05) is 13.0 Å². The topological polar surface area (TPSA) is 38.7 Å². The van der Waals surface area contributed by atoms with E-state index in [1.54, 1.807) is 6.26 Å². The predicted molar refractivity (Wildman–Crippen MR) is 66.4 cm³/mol. The number of aliphatic hydroxyl groups is 1. The van der Waals surface area contributed by atoms with Gasteiger partial charge in [0.15, 0.2) is 0 Å². The molecule has 0 radical (unpaired) electrons. The van der Waals surface area contributed by atoms with Crippen molar-refractivity contribution in [3.05, 3.63) is 12.3 Å². The maximum Gasteiger partial charge on any atom is 0.115 e. The van der Waals surface area contributed by atoms with Crippen LogP contribution in [0.4, 0.5) is 0 Å². The molecule has 0 bridgehead atoms. The van der Waals surface area contributed by atoms with E-state index in [9.17, 15) is 5.11 Å². The smallest absolute Gasteiger partial charge is 0.115 e. The van der Waals surface area contributed by atoms with Crippen LogP contribution in [0.2, 0.25) is 0 Å². The van der Waals surface area contributed by atoms with Crippen LogP contribution in [0, 0.1) is 0 Å². The summed E-state index contributed by atoms with van der Waals surface area (Å²) in [5.74, 6) is 0. The Morgan fingerprint density at radius 1 is 1.12 bits per heavy atom. The van der Waals surface area contributed by atoms with Crippen LogP contribution in [0.5, 0.6) is 0 Å². The number of allylic oxidation sites excluding steroid dienone is 1. The summed E-state index contributed by atoms with van der Waals surface area (Å²) in [6.07, 6.45) is 8.76. The summed E-state index contributed by atoms with van der Waals surface area (Å²) >= 11 is 0. The van der Waals surface area contributed by atoms with E-state index in [0.29, 0.717) is 13.2 Å². The second-order valence-corrected chi connectivity index (χ2v) is 3.90. The van der Waals surface area contributed by atoms with E-state index in [1.165, 1.54) is 19.3 Å². The molecule has 3 heteroatoms. The molecule has 0 rings (SSSR count). The average Bonchev–Trinajstić information content (AvgIpc) is 2.29. The first-order chi connectivity index (χ1) is 7.81. The number of hydrogen-bond acceptors (Lipinski definition) is 3. The van der Waals surface area contributed by atoms with Gasteiger partial charge < -0.3 is 14.6 Å². The van der Waals surface area contributed by atoms with Crippen molar-refractivity contribution in [3.63, 3.8) is 0 Å². The van der Waals surface area contributed by atoms with Crippen LogP contribution in [0.1, 0.15) is 46.0 Å². The van der Waals surface area contributed by atoms with Crippen molar-refractivity contribution in [1.82, 2.24) is 0 Å². The van der Waals surface area contributed by atoms with E-state index < -0.39 is 6.10 Å². The fourth-order valence-corrected chi connectivity index (χ4v) is 1.23. The van der Waals surface area contributed by atoms with Crippen LogP contribution in [-0.4, -0.2) is 31.0 Å². The molecule has 0 aromatic heterocycles. The van der Waals surface area contributed by atoms with Crippen molar-refractivity contribution in [2.45, 2.75) is 52.1 Å². The summed E-state index contributed by atoms with van der Waals surface area (Å²) in [6, 6.07) is 0. The highest BCUT2D eigenvalue weighted by atomic mass is 16.5. The van der Waals surface area contributed by atoms with E-state index in [4.69, 9.17) is 9.47 Å². The van der Waals surface area contributed by atoms with Gasteiger partial charge in [0, 0.05) is 6.61 Å². The van der Waals surface area contributed by atoms with Gasteiger partial charge in [-0.2, -0.15) is 0 Å². The quantitative estimate of drug-likeness (QED) is 0.438. The zero-order valence-electron chi connectivity index (χ0n) is 10.7. The molecule has 0 saturated heterocycles. The number of rotatable bonds is 11. The molecule has 96 valence electrons. The maximum absolute atomic E-state index is 9.47. The molecular weight excluding hydrogens is 204 g/mol. The number of ether oxygens (including phenoxy) is 2. The molecule has 3 nitrogen and oxygen atoms in total. The van der Waals surface area contributed by atoms with Gasteiger partial charge in [-0.25, -0.2) is 0 Å². The molecule has 1 unspecified atom stereocenters. The average molecular weight is 230 g/mol. The van der Waals surface area contributed by atoms with Crippen LogP contribution in [0.15, 0.2) is 12.3 Å². The van der Waals surface area contributed by atoms with Gasteiger partial charge in [-0.3, -0.25) is 0 Å². The fraction of sp³-hybridized carbons (Fsp3) is 0.846. The molecular formula is C13H26O3. The molecule has 0 aliphatic carbocycles. The van der Waals surface area contributed by atoms with Crippen LogP contribution < -0.4 is 0 Å². The maximum atomic E-state index is 9.47. The summed E-state index contributed by atoms with van der Waals surface area (Å²) in [5.41, 5.74) is 0. The monoisotopic (exact) mass is 230 g/mol. The van der Waals surface area contributed by atoms with Crippen molar-refractivity contribution >= 4 is 0 Å². The van der Waals surface area contributed by atoms with E-state index >= 15 is 0 Å². The first-order valence-electron chi connectivity index (χ1n) is 6.33. The Morgan fingerprint density at radius 3 is 2.62 bits per heavy atom. The second kappa shape index (κ2) is 12.5. The minimum Gasteiger partial charge on any atom is -0.499 e. The Hall–Kier alpha value is -0.540. The summed E-state index contributed by atoms with van der Waals surface area (Å²) in [5, 5.41) is 9.47. The molecule has 0 aromatic rings. The molecule has 16 heavy (non-hydrogen) atoms. The van der Waals surface area contributed by atoms with Gasteiger partial charge in [0.1, 0.15) is 12.7 Å². The molecule has 1 atom stereocenters. The third-order valence-electron chi connectivity index (χ3n) is 2.17. The third kappa shape index (κ3) is 11.5. The first-order valence-corrected chi connectivity index (χ1v) is 6.33. The summed E-state index contributed by atoms with van der Waals surface area (Å²) < 4.78 is 10.5. The summed E-state index contributed by atoms with van der Waals surface area (Å²) in [6.45, 7) is 5.64. The molecule has 1 N–H and O–H groups in total. The Labute approximate surface area is 99.5 Å². The Bertz CT molecular complexity index is 157. The summed E-state index contributed by atoms with van der Waals surface area (Å²) in [7, 11) is 0. The Balaban J connectivity index is 3.17. The summed E-state index contributed by atoms with van der Waals surface area (Å²) in [4.78, 5) is 0. The second-order valence-electron chi connectivity index (χ2n) is 3.90. The molecule has 0 fully saturated rings. The van der Waals surface area contributed by atoms with Gasteiger partial charge in [0.05, 0.1) is 12.9 Å². The molecule has 0 heterocycles. The normalized spacial score (nSPS) is 13.2. The van der Waals surface area contributed by atoms with Crippen molar-refractivity contribution in [1.29, 1.82) is 0 Å². The fourth-order valence-electron chi connectivity index (χ4n) is 1.23. The van der Waals surface area contributed by atoms with Crippen molar-refractivity contribution in [2.24, 2.45) is 0 Å². The lowest BCUT2D eigenvalue weighted by atomic mass is 10.2. The molecule has 0 spiro atoms. The predicted octanol–water partition coefficient (Wildman–Crippen LogP) is 2.88. The van der Waals surface area contributed by atoms with Gasteiger partial charge in [-0.05, 0) is 12.8 Å². The molecule has 0 aromatic carbocycles. The molecule has 0 saturated carbocycles. The minimum absolute atomic E-state index is 0.311. The third-order valence-corrected chi connectivity index (χ3v) is 2.17. The zero-order chi connectivity index (χ0) is 12.1. The number of hydrogen-bond donors (Lipinski definition) is 1. The van der Waals surface area contributed by atoms with Gasteiger partial charge >= 0.3 is 0 Å². The van der Waals surface area contributed by atoms with Gasteiger partial charge in [-0.15, -0.1) is 0 Å². The Kier molecular flexibility index (Phi) is 12.1. The highest BCUT2D eigenvalue weighted by Gasteiger charge is 2.03. The molecule has 0 aliphatic heterocycles. The highest BCUT2D eigenvalue weighted by Crippen LogP contribution is 1.99. The highest BCUT2D eigenvalue weighted by molar-refractivity contribution is 4.71. The largest absolute Gasteiger partial charge is 0.499 e. The van der Waals surface area contributed by atoms with Crippen molar-refractivity contribution < 1.29 is 14.6 Å². The van der Waals surface area contributed by atoms with Crippen molar-refractivity contribution in [2.75, 3.05) is 19.8 Å².